The van der Waals surface area contributed by atoms with Crippen molar-refractivity contribution in [1.82, 2.24) is 9.44 Å². The molecule has 1 rings (SSSR count). The van der Waals surface area contributed by atoms with Gasteiger partial charge < -0.3 is 15.2 Å². The minimum absolute atomic E-state index is 0.0892. The number of hydrogen-bond donors (Lipinski definition) is 3. The van der Waals surface area contributed by atoms with Crippen molar-refractivity contribution in [3.8, 4) is 0 Å². The Kier molecular flexibility index (Phi) is 5.32. The topological polar surface area (TPSA) is 120 Å². The third-order valence-electron chi connectivity index (χ3n) is 2.53. The molecule has 0 radical (unpaired) electrons. The van der Waals surface area contributed by atoms with Crippen molar-refractivity contribution >= 4 is 16.3 Å². The lowest BCUT2D eigenvalue weighted by Gasteiger charge is -2.41. The van der Waals surface area contributed by atoms with Crippen LogP contribution in [0.2, 0.25) is 0 Å². The van der Waals surface area contributed by atoms with Crippen molar-refractivity contribution in [3.05, 3.63) is 0 Å². The van der Waals surface area contributed by atoms with Crippen LogP contribution < -0.4 is 15.2 Å². The van der Waals surface area contributed by atoms with Gasteiger partial charge in [-0.05, 0) is 20.3 Å². The standard InChI is InChI=1S/C9H19N3O5S/c1-3-16-7-5-6(10)8(7)11-18(14,15)12-9(13)17-4-2/h6-8,11H,3-5,10H2,1-2H3,(H,12,13). The van der Waals surface area contributed by atoms with E-state index < -0.39 is 22.3 Å². The first kappa shape index (κ1) is 15.2. The first-order valence-electron chi connectivity index (χ1n) is 5.73. The van der Waals surface area contributed by atoms with Gasteiger partial charge in [0.05, 0.1) is 18.8 Å². The van der Waals surface area contributed by atoms with Crippen LogP contribution in [0.1, 0.15) is 20.3 Å². The third kappa shape index (κ3) is 4.09. The largest absolute Gasteiger partial charge is 0.449 e. The molecule has 1 aliphatic rings. The molecule has 0 aromatic heterocycles. The van der Waals surface area contributed by atoms with E-state index in [9.17, 15) is 13.2 Å². The zero-order valence-electron chi connectivity index (χ0n) is 10.4. The molecule has 8 nitrogen and oxygen atoms in total. The summed E-state index contributed by atoms with van der Waals surface area (Å²) < 4.78 is 37.0. The Balaban J connectivity index is 2.51. The van der Waals surface area contributed by atoms with Gasteiger partial charge >= 0.3 is 16.3 Å². The summed E-state index contributed by atoms with van der Waals surface area (Å²) in [7, 11) is -3.98. The highest BCUT2D eigenvalue weighted by Gasteiger charge is 2.42. The quantitative estimate of drug-likeness (QED) is 0.578. The molecule has 1 saturated carbocycles. The second-order valence-corrected chi connectivity index (χ2v) is 5.31. The maximum absolute atomic E-state index is 11.6. The maximum atomic E-state index is 11.6. The van der Waals surface area contributed by atoms with Gasteiger partial charge in [-0.15, -0.1) is 0 Å². The second-order valence-electron chi connectivity index (χ2n) is 3.86. The van der Waals surface area contributed by atoms with Gasteiger partial charge in [-0.3, -0.25) is 0 Å². The molecule has 1 fully saturated rings. The van der Waals surface area contributed by atoms with Crippen LogP contribution in [0.4, 0.5) is 4.79 Å². The lowest BCUT2D eigenvalue weighted by molar-refractivity contribution is -0.0249. The lowest BCUT2D eigenvalue weighted by atomic mass is 9.84. The average Bonchev–Trinajstić information content (AvgIpc) is 2.26. The minimum Gasteiger partial charge on any atom is -0.449 e. The van der Waals surface area contributed by atoms with Gasteiger partial charge in [-0.1, -0.05) is 0 Å². The van der Waals surface area contributed by atoms with Crippen molar-refractivity contribution in [2.75, 3.05) is 13.2 Å². The number of carbonyl (C=O) groups excluding carboxylic acids is 1. The van der Waals surface area contributed by atoms with E-state index in [4.69, 9.17) is 10.5 Å². The van der Waals surface area contributed by atoms with Crippen molar-refractivity contribution in [2.45, 2.75) is 38.5 Å². The molecule has 0 aromatic carbocycles. The van der Waals surface area contributed by atoms with Gasteiger partial charge in [0.2, 0.25) is 0 Å². The van der Waals surface area contributed by atoms with Crippen LogP contribution in [0.5, 0.6) is 0 Å². The van der Waals surface area contributed by atoms with Gasteiger partial charge in [0, 0.05) is 12.6 Å². The number of ether oxygens (including phenoxy) is 2. The summed E-state index contributed by atoms with van der Waals surface area (Å²) in [5.74, 6) is 0. The highest BCUT2D eigenvalue weighted by atomic mass is 32.2. The predicted molar refractivity (Wildman–Crippen MR) is 64.0 cm³/mol. The summed E-state index contributed by atoms with van der Waals surface area (Å²) in [5.41, 5.74) is 5.69. The molecule has 18 heavy (non-hydrogen) atoms. The molecule has 1 amide bonds. The highest BCUT2D eigenvalue weighted by Crippen LogP contribution is 2.22. The van der Waals surface area contributed by atoms with Crippen molar-refractivity contribution in [3.63, 3.8) is 0 Å². The van der Waals surface area contributed by atoms with Crippen LogP contribution in [-0.2, 0) is 19.7 Å². The first-order chi connectivity index (χ1) is 8.39. The fourth-order valence-electron chi connectivity index (χ4n) is 1.67. The number of nitrogens with one attached hydrogen (secondary N) is 2. The van der Waals surface area contributed by atoms with Crippen molar-refractivity contribution in [2.24, 2.45) is 5.73 Å². The normalized spacial score (nSPS) is 27.4. The second kappa shape index (κ2) is 6.32. The summed E-state index contributed by atoms with van der Waals surface area (Å²) in [5, 5.41) is 0. The molecular formula is C9H19N3O5S. The van der Waals surface area contributed by atoms with Crippen LogP contribution in [0.25, 0.3) is 0 Å². The molecule has 0 aliphatic heterocycles. The van der Waals surface area contributed by atoms with E-state index in [1.54, 1.807) is 11.6 Å². The Morgan fingerprint density at radius 2 is 2.06 bits per heavy atom. The van der Waals surface area contributed by atoms with Crippen molar-refractivity contribution < 1.29 is 22.7 Å². The molecule has 106 valence electrons. The summed E-state index contributed by atoms with van der Waals surface area (Å²) in [6, 6.07) is -0.850. The smallest absolute Gasteiger partial charge is 0.421 e. The molecular weight excluding hydrogens is 262 g/mol. The van der Waals surface area contributed by atoms with E-state index in [1.165, 1.54) is 0 Å². The summed E-state index contributed by atoms with van der Waals surface area (Å²) in [6.07, 6.45) is -0.699. The Hall–Kier alpha value is -0.900. The van der Waals surface area contributed by atoms with Gasteiger partial charge in [-0.2, -0.15) is 13.1 Å². The number of nitrogens with two attached hydrogens (primary N) is 1. The molecule has 3 atom stereocenters. The molecule has 0 saturated heterocycles. The van der Waals surface area contributed by atoms with Crippen LogP contribution in [0, 0.1) is 0 Å². The SMILES string of the molecule is CCOC(=O)NS(=O)(=O)NC1C(N)CC1OCC. The molecule has 0 bridgehead atoms. The predicted octanol–water partition coefficient (Wildman–Crippen LogP) is -0.928. The Morgan fingerprint density at radius 3 is 2.56 bits per heavy atom. The summed E-state index contributed by atoms with van der Waals surface area (Å²) in [6.45, 7) is 3.95. The Bertz CT molecular complexity index is 384. The summed E-state index contributed by atoms with van der Waals surface area (Å²) in [4.78, 5) is 11.0. The van der Waals surface area contributed by atoms with E-state index in [0.29, 0.717) is 13.0 Å². The van der Waals surface area contributed by atoms with E-state index in [1.807, 2.05) is 6.92 Å². The Morgan fingerprint density at radius 1 is 1.39 bits per heavy atom. The van der Waals surface area contributed by atoms with Gasteiger partial charge in [-0.25, -0.2) is 9.52 Å². The van der Waals surface area contributed by atoms with Crippen molar-refractivity contribution in [1.29, 1.82) is 0 Å². The number of amides is 1. The Labute approximate surface area is 106 Å². The van der Waals surface area contributed by atoms with Gasteiger partial charge in [0.15, 0.2) is 0 Å². The minimum atomic E-state index is -3.98. The van der Waals surface area contributed by atoms with Crippen LogP contribution in [-0.4, -0.2) is 45.9 Å². The number of rotatable bonds is 6. The number of carbonyl (C=O) groups is 1. The highest BCUT2D eigenvalue weighted by molar-refractivity contribution is 7.88. The molecule has 4 N–H and O–H groups in total. The molecule has 0 heterocycles. The third-order valence-corrected chi connectivity index (χ3v) is 3.55. The lowest BCUT2D eigenvalue weighted by Crippen LogP contribution is -2.66. The maximum Gasteiger partial charge on any atom is 0.421 e. The van der Waals surface area contributed by atoms with E-state index in [0.717, 1.165) is 0 Å². The molecule has 3 unspecified atom stereocenters. The first-order valence-corrected chi connectivity index (χ1v) is 7.22. The number of hydrogen-bond acceptors (Lipinski definition) is 6. The van der Waals surface area contributed by atoms with Crippen LogP contribution in [0.3, 0.4) is 0 Å². The fraction of sp³-hybridized carbons (Fsp3) is 0.889. The molecule has 9 heteroatoms. The average molecular weight is 281 g/mol. The monoisotopic (exact) mass is 281 g/mol. The zero-order chi connectivity index (χ0) is 13.8. The van der Waals surface area contributed by atoms with Crippen LogP contribution >= 0.6 is 0 Å². The van der Waals surface area contributed by atoms with E-state index >= 15 is 0 Å². The zero-order valence-corrected chi connectivity index (χ0v) is 11.2. The van der Waals surface area contributed by atoms with E-state index in [-0.39, 0.29) is 18.8 Å². The van der Waals surface area contributed by atoms with E-state index in [2.05, 4.69) is 9.46 Å². The fourth-order valence-corrected chi connectivity index (χ4v) is 2.69. The molecule has 0 aromatic rings. The summed E-state index contributed by atoms with van der Waals surface area (Å²) >= 11 is 0. The van der Waals surface area contributed by atoms with Crippen LogP contribution in [0.15, 0.2) is 0 Å². The van der Waals surface area contributed by atoms with Gasteiger partial charge in [0.25, 0.3) is 0 Å². The van der Waals surface area contributed by atoms with Gasteiger partial charge in [0.1, 0.15) is 0 Å². The molecule has 1 aliphatic carbocycles. The molecule has 0 spiro atoms.